The summed E-state index contributed by atoms with van der Waals surface area (Å²) in [4.78, 5) is 26.2. The lowest BCUT2D eigenvalue weighted by molar-refractivity contribution is -0.151. The molecule has 0 bridgehead atoms. The van der Waals surface area contributed by atoms with E-state index in [0.717, 1.165) is 0 Å². The SMILES string of the molecule is CC(C)NC(=O)C1COCCN1C(=O)[C@@H](N)C(C)(C)C. The third-order valence-corrected chi connectivity index (χ3v) is 3.34. The quantitative estimate of drug-likeness (QED) is 0.771. The van der Waals surface area contributed by atoms with Crippen LogP contribution in [-0.4, -0.2) is 54.6 Å². The van der Waals surface area contributed by atoms with E-state index in [-0.39, 0.29) is 29.9 Å². The second-order valence-electron chi connectivity index (χ2n) is 6.63. The summed E-state index contributed by atoms with van der Waals surface area (Å²) in [5.74, 6) is -0.376. The highest BCUT2D eigenvalue weighted by atomic mass is 16.5. The summed E-state index contributed by atoms with van der Waals surface area (Å²) in [5.41, 5.74) is 5.69. The van der Waals surface area contributed by atoms with Crippen molar-refractivity contribution in [3.63, 3.8) is 0 Å². The molecular weight excluding hydrogens is 258 g/mol. The maximum absolute atomic E-state index is 12.5. The zero-order valence-corrected chi connectivity index (χ0v) is 13.1. The van der Waals surface area contributed by atoms with Gasteiger partial charge in [0.15, 0.2) is 0 Å². The average molecular weight is 285 g/mol. The zero-order chi connectivity index (χ0) is 15.5. The highest BCUT2D eigenvalue weighted by Crippen LogP contribution is 2.21. The lowest BCUT2D eigenvalue weighted by Gasteiger charge is -2.38. The van der Waals surface area contributed by atoms with Gasteiger partial charge in [0.1, 0.15) is 6.04 Å². The Morgan fingerprint density at radius 3 is 2.45 bits per heavy atom. The van der Waals surface area contributed by atoms with Crippen molar-refractivity contribution in [1.29, 1.82) is 0 Å². The molecule has 116 valence electrons. The predicted octanol–water partition coefficient (Wildman–Crippen LogP) is 0.112. The average Bonchev–Trinajstić information content (AvgIpc) is 2.35. The van der Waals surface area contributed by atoms with Gasteiger partial charge in [-0.05, 0) is 19.3 Å². The van der Waals surface area contributed by atoms with E-state index in [1.165, 1.54) is 0 Å². The lowest BCUT2D eigenvalue weighted by Crippen LogP contribution is -2.61. The van der Waals surface area contributed by atoms with Crippen LogP contribution in [0.15, 0.2) is 0 Å². The van der Waals surface area contributed by atoms with Crippen LogP contribution < -0.4 is 11.1 Å². The van der Waals surface area contributed by atoms with Crippen molar-refractivity contribution < 1.29 is 14.3 Å². The first-order valence-electron chi connectivity index (χ1n) is 7.08. The summed E-state index contributed by atoms with van der Waals surface area (Å²) in [7, 11) is 0. The standard InChI is InChI=1S/C14H27N3O3/c1-9(2)16-12(18)10-8-20-7-6-17(10)13(19)11(15)14(3,4)5/h9-11H,6-8,15H2,1-5H3,(H,16,18)/t10?,11-/m1/s1. The molecule has 0 radical (unpaired) electrons. The molecule has 0 aromatic rings. The van der Waals surface area contributed by atoms with Crippen LogP contribution >= 0.6 is 0 Å². The Morgan fingerprint density at radius 2 is 1.95 bits per heavy atom. The van der Waals surface area contributed by atoms with Crippen molar-refractivity contribution >= 4 is 11.8 Å². The molecule has 0 spiro atoms. The van der Waals surface area contributed by atoms with Gasteiger partial charge in [0.2, 0.25) is 11.8 Å². The molecule has 6 nitrogen and oxygen atoms in total. The molecule has 20 heavy (non-hydrogen) atoms. The number of nitrogens with one attached hydrogen (secondary N) is 1. The molecule has 0 aromatic carbocycles. The fourth-order valence-electron chi connectivity index (χ4n) is 2.01. The Hall–Kier alpha value is -1.14. The van der Waals surface area contributed by atoms with Gasteiger partial charge >= 0.3 is 0 Å². The van der Waals surface area contributed by atoms with Crippen LogP contribution in [-0.2, 0) is 14.3 Å². The number of rotatable bonds is 3. The Bertz CT molecular complexity index is 363. The van der Waals surface area contributed by atoms with Crippen molar-refractivity contribution in [3.8, 4) is 0 Å². The van der Waals surface area contributed by atoms with Gasteiger partial charge in [-0.1, -0.05) is 20.8 Å². The molecule has 1 heterocycles. The molecule has 1 saturated heterocycles. The van der Waals surface area contributed by atoms with Crippen molar-refractivity contribution in [1.82, 2.24) is 10.2 Å². The molecule has 6 heteroatoms. The minimum absolute atomic E-state index is 0.0256. The number of ether oxygens (including phenoxy) is 1. The third kappa shape index (κ3) is 4.18. The first kappa shape index (κ1) is 16.9. The van der Waals surface area contributed by atoms with Crippen LogP contribution in [0.5, 0.6) is 0 Å². The normalized spacial score (nSPS) is 21.8. The summed E-state index contributed by atoms with van der Waals surface area (Å²) in [5, 5.41) is 2.82. The number of nitrogens with zero attached hydrogens (tertiary/aromatic N) is 1. The van der Waals surface area contributed by atoms with Crippen LogP contribution in [0.2, 0.25) is 0 Å². The van der Waals surface area contributed by atoms with E-state index >= 15 is 0 Å². The van der Waals surface area contributed by atoms with E-state index in [9.17, 15) is 9.59 Å². The Labute approximate surface area is 121 Å². The monoisotopic (exact) mass is 285 g/mol. The minimum Gasteiger partial charge on any atom is -0.377 e. The smallest absolute Gasteiger partial charge is 0.245 e. The number of hydrogen-bond donors (Lipinski definition) is 2. The van der Waals surface area contributed by atoms with E-state index in [2.05, 4.69) is 5.32 Å². The Balaban J connectivity index is 2.83. The first-order chi connectivity index (χ1) is 9.14. The molecule has 3 N–H and O–H groups in total. The van der Waals surface area contributed by atoms with E-state index in [1.54, 1.807) is 4.90 Å². The molecule has 1 fully saturated rings. The molecular formula is C14H27N3O3. The van der Waals surface area contributed by atoms with Crippen molar-refractivity contribution in [2.45, 2.75) is 52.7 Å². The number of hydrogen-bond acceptors (Lipinski definition) is 4. The van der Waals surface area contributed by atoms with Gasteiger partial charge in [0.05, 0.1) is 19.3 Å². The summed E-state index contributed by atoms with van der Waals surface area (Å²) in [6, 6.07) is -1.19. The summed E-state index contributed by atoms with van der Waals surface area (Å²) in [6.45, 7) is 10.6. The molecule has 1 unspecified atom stereocenters. The third-order valence-electron chi connectivity index (χ3n) is 3.34. The summed E-state index contributed by atoms with van der Waals surface area (Å²) < 4.78 is 5.34. The molecule has 0 saturated carbocycles. The number of morpholine rings is 1. The number of carbonyl (C=O) groups is 2. The highest BCUT2D eigenvalue weighted by molar-refractivity contribution is 5.90. The molecule has 1 rings (SSSR count). The van der Waals surface area contributed by atoms with E-state index in [1.807, 2.05) is 34.6 Å². The highest BCUT2D eigenvalue weighted by Gasteiger charge is 2.38. The number of carbonyl (C=O) groups excluding carboxylic acids is 2. The van der Waals surface area contributed by atoms with Gasteiger partial charge in [-0.15, -0.1) is 0 Å². The van der Waals surface area contributed by atoms with Gasteiger partial charge in [-0.3, -0.25) is 9.59 Å². The maximum atomic E-state index is 12.5. The van der Waals surface area contributed by atoms with Gasteiger partial charge in [0, 0.05) is 12.6 Å². The Kier molecular flexibility index (Phi) is 5.53. The summed E-state index contributed by atoms with van der Waals surface area (Å²) >= 11 is 0. The van der Waals surface area contributed by atoms with Gasteiger partial charge in [-0.25, -0.2) is 0 Å². The van der Waals surface area contributed by atoms with Crippen molar-refractivity contribution in [3.05, 3.63) is 0 Å². The van der Waals surface area contributed by atoms with Crippen LogP contribution in [0.1, 0.15) is 34.6 Å². The fraction of sp³-hybridized carbons (Fsp3) is 0.857. The van der Waals surface area contributed by atoms with Crippen molar-refractivity contribution in [2.24, 2.45) is 11.1 Å². The second kappa shape index (κ2) is 6.54. The van der Waals surface area contributed by atoms with Crippen LogP contribution in [0.3, 0.4) is 0 Å². The van der Waals surface area contributed by atoms with Gasteiger partial charge in [0.25, 0.3) is 0 Å². The van der Waals surface area contributed by atoms with E-state index < -0.39 is 12.1 Å². The molecule has 0 aliphatic carbocycles. The summed E-state index contributed by atoms with van der Waals surface area (Å²) in [6.07, 6.45) is 0. The van der Waals surface area contributed by atoms with Gasteiger partial charge < -0.3 is 20.7 Å². The second-order valence-corrected chi connectivity index (χ2v) is 6.63. The molecule has 2 amide bonds. The maximum Gasteiger partial charge on any atom is 0.245 e. The minimum atomic E-state index is -0.630. The predicted molar refractivity (Wildman–Crippen MR) is 77.0 cm³/mol. The van der Waals surface area contributed by atoms with Crippen LogP contribution in [0, 0.1) is 5.41 Å². The number of nitrogens with two attached hydrogens (primary N) is 1. The topological polar surface area (TPSA) is 84.7 Å². The van der Waals surface area contributed by atoms with Crippen LogP contribution in [0.25, 0.3) is 0 Å². The Morgan fingerprint density at radius 1 is 1.35 bits per heavy atom. The zero-order valence-electron chi connectivity index (χ0n) is 13.1. The molecule has 1 aliphatic heterocycles. The van der Waals surface area contributed by atoms with E-state index in [4.69, 9.17) is 10.5 Å². The van der Waals surface area contributed by atoms with Crippen molar-refractivity contribution in [2.75, 3.05) is 19.8 Å². The van der Waals surface area contributed by atoms with Crippen LogP contribution in [0.4, 0.5) is 0 Å². The largest absolute Gasteiger partial charge is 0.377 e. The van der Waals surface area contributed by atoms with E-state index in [0.29, 0.717) is 13.2 Å². The lowest BCUT2D eigenvalue weighted by atomic mass is 9.86. The molecule has 2 atom stereocenters. The number of amides is 2. The van der Waals surface area contributed by atoms with Gasteiger partial charge in [-0.2, -0.15) is 0 Å². The fourth-order valence-corrected chi connectivity index (χ4v) is 2.01. The molecule has 0 aromatic heterocycles. The molecule has 1 aliphatic rings. The first-order valence-corrected chi connectivity index (χ1v) is 7.08.